The van der Waals surface area contributed by atoms with Crippen LogP contribution in [0.15, 0.2) is 27.6 Å². The largest absolute Gasteiger partial charge is 0.315 e. The third-order valence-corrected chi connectivity index (χ3v) is 2.20. The summed E-state index contributed by atoms with van der Waals surface area (Å²) in [7, 11) is 0. The first kappa shape index (κ1) is 9.52. The number of nitrogens with zero attached hydrogens (tertiary/aromatic N) is 1. The fourth-order valence-corrected chi connectivity index (χ4v) is 1.31. The van der Waals surface area contributed by atoms with Crippen molar-refractivity contribution in [2.45, 2.75) is 26.3 Å². The smallest absolute Gasteiger partial charge is 0.251 e. The Morgan fingerprint density at radius 3 is 2.92 bits per heavy atom. The van der Waals surface area contributed by atoms with E-state index in [1.54, 1.807) is 10.6 Å². The van der Waals surface area contributed by atoms with E-state index in [4.69, 9.17) is 0 Å². The number of aryl methyl sites for hydroxylation is 1. The maximum Gasteiger partial charge on any atom is 0.251 e. The minimum absolute atomic E-state index is 0.0674. The van der Waals surface area contributed by atoms with E-state index in [1.165, 1.54) is 0 Å². The van der Waals surface area contributed by atoms with Crippen molar-refractivity contribution < 1.29 is 0 Å². The van der Waals surface area contributed by atoms with Gasteiger partial charge in [0, 0.05) is 23.3 Å². The van der Waals surface area contributed by atoms with Gasteiger partial charge in [0.1, 0.15) is 0 Å². The van der Waals surface area contributed by atoms with E-state index >= 15 is 0 Å². The zero-order valence-corrected chi connectivity index (χ0v) is 8.67. The van der Waals surface area contributed by atoms with Crippen LogP contribution in [0.4, 0.5) is 0 Å². The molecule has 0 bridgehead atoms. The van der Waals surface area contributed by atoms with E-state index < -0.39 is 0 Å². The molecule has 0 aliphatic carbocycles. The van der Waals surface area contributed by atoms with Gasteiger partial charge in [-0.15, -0.1) is 0 Å². The average Bonchev–Trinajstić information content (AvgIpc) is 2.03. The standard InChI is InChI=1S/C9H12BrNO/c1-2-3-5-11-6-4-8(10)7-9(11)12/h4,6-7H,2-3,5H2,1H3. The van der Waals surface area contributed by atoms with Crippen molar-refractivity contribution in [3.8, 4) is 0 Å². The topological polar surface area (TPSA) is 22.0 Å². The normalized spacial score (nSPS) is 10.2. The van der Waals surface area contributed by atoms with Crippen molar-refractivity contribution in [2.75, 3.05) is 0 Å². The predicted octanol–water partition coefficient (Wildman–Crippen LogP) is 2.41. The molecule has 2 nitrogen and oxygen atoms in total. The molecule has 0 radical (unpaired) electrons. The summed E-state index contributed by atoms with van der Waals surface area (Å²) in [6.07, 6.45) is 3.99. The van der Waals surface area contributed by atoms with E-state index in [-0.39, 0.29) is 5.56 Å². The maximum atomic E-state index is 11.3. The lowest BCUT2D eigenvalue weighted by molar-refractivity contribution is 0.612. The molecule has 1 rings (SSSR count). The van der Waals surface area contributed by atoms with E-state index in [1.807, 2.05) is 12.3 Å². The Morgan fingerprint density at radius 1 is 1.58 bits per heavy atom. The Bertz CT molecular complexity index is 306. The number of unbranched alkanes of at least 4 members (excludes halogenated alkanes) is 1. The Labute approximate surface area is 80.3 Å². The Balaban J connectivity index is 2.80. The van der Waals surface area contributed by atoms with Crippen LogP contribution < -0.4 is 5.56 Å². The van der Waals surface area contributed by atoms with Gasteiger partial charge in [-0.2, -0.15) is 0 Å². The summed E-state index contributed by atoms with van der Waals surface area (Å²) in [5.74, 6) is 0. The zero-order valence-electron chi connectivity index (χ0n) is 7.09. The number of hydrogen-bond acceptors (Lipinski definition) is 1. The monoisotopic (exact) mass is 229 g/mol. The molecule has 0 saturated heterocycles. The summed E-state index contributed by atoms with van der Waals surface area (Å²) >= 11 is 3.25. The lowest BCUT2D eigenvalue weighted by Gasteiger charge is -2.02. The first-order chi connectivity index (χ1) is 5.74. The van der Waals surface area contributed by atoms with E-state index in [0.717, 1.165) is 23.9 Å². The van der Waals surface area contributed by atoms with Gasteiger partial charge in [-0.1, -0.05) is 29.3 Å². The van der Waals surface area contributed by atoms with E-state index in [2.05, 4.69) is 22.9 Å². The summed E-state index contributed by atoms with van der Waals surface area (Å²) in [6, 6.07) is 3.48. The molecule has 0 aliphatic heterocycles. The molecule has 0 amide bonds. The van der Waals surface area contributed by atoms with E-state index in [0.29, 0.717) is 0 Å². The van der Waals surface area contributed by atoms with Crippen molar-refractivity contribution in [3.63, 3.8) is 0 Å². The molecule has 1 aromatic heterocycles. The van der Waals surface area contributed by atoms with Crippen LogP contribution in [0.5, 0.6) is 0 Å². The molecular weight excluding hydrogens is 218 g/mol. The molecule has 0 saturated carbocycles. The van der Waals surface area contributed by atoms with Gasteiger partial charge in [0.05, 0.1) is 0 Å². The van der Waals surface area contributed by atoms with Crippen LogP contribution in [-0.2, 0) is 6.54 Å². The Hall–Kier alpha value is -0.570. The molecule has 0 unspecified atom stereocenters. The summed E-state index contributed by atoms with van der Waals surface area (Å²) < 4.78 is 2.58. The van der Waals surface area contributed by atoms with Crippen molar-refractivity contribution in [2.24, 2.45) is 0 Å². The number of hydrogen-bond donors (Lipinski definition) is 0. The molecule has 0 fully saturated rings. The van der Waals surface area contributed by atoms with E-state index in [9.17, 15) is 4.79 Å². The average molecular weight is 230 g/mol. The fraction of sp³-hybridized carbons (Fsp3) is 0.444. The lowest BCUT2D eigenvalue weighted by Crippen LogP contribution is -2.17. The summed E-state index contributed by atoms with van der Waals surface area (Å²) in [5, 5.41) is 0. The van der Waals surface area contributed by atoms with Crippen molar-refractivity contribution in [1.29, 1.82) is 0 Å². The molecule has 66 valence electrons. The molecule has 1 aromatic rings. The highest BCUT2D eigenvalue weighted by Crippen LogP contribution is 2.04. The summed E-state index contributed by atoms with van der Waals surface area (Å²) in [4.78, 5) is 11.3. The predicted molar refractivity (Wildman–Crippen MR) is 53.3 cm³/mol. The second-order valence-corrected chi connectivity index (χ2v) is 3.65. The highest BCUT2D eigenvalue weighted by Gasteiger charge is 1.94. The van der Waals surface area contributed by atoms with Crippen LogP contribution in [0.2, 0.25) is 0 Å². The number of pyridine rings is 1. The SMILES string of the molecule is CCCCn1ccc(Br)cc1=O. The van der Waals surface area contributed by atoms with Crippen LogP contribution in [-0.4, -0.2) is 4.57 Å². The second-order valence-electron chi connectivity index (χ2n) is 2.73. The molecule has 3 heteroatoms. The van der Waals surface area contributed by atoms with Gasteiger partial charge in [0.25, 0.3) is 5.56 Å². The fourth-order valence-electron chi connectivity index (χ4n) is 0.997. The van der Waals surface area contributed by atoms with Crippen LogP contribution in [0.3, 0.4) is 0 Å². The van der Waals surface area contributed by atoms with Gasteiger partial charge >= 0.3 is 0 Å². The van der Waals surface area contributed by atoms with Crippen LogP contribution in [0, 0.1) is 0 Å². The van der Waals surface area contributed by atoms with Gasteiger partial charge in [0.15, 0.2) is 0 Å². The Morgan fingerprint density at radius 2 is 2.33 bits per heavy atom. The van der Waals surface area contributed by atoms with Gasteiger partial charge in [-0.25, -0.2) is 0 Å². The minimum Gasteiger partial charge on any atom is -0.315 e. The lowest BCUT2D eigenvalue weighted by atomic mass is 10.3. The van der Waals surface area contributed by atoms with Gasteiger partial charge < -0.3 is 4.57 Å². The quantitative estimate of drug-likeness (QED) is 0.781. The third kappa shape index (κ3) is 2.48. The molecule has 0 N–H and O–H groups in total. The first-order valence-electron chi connectivity index (χ1n) is 4.10. The summed E-state index contributed by atoms with van der Waals surface area (Å²) in [6.45, 7) is 2.94. The molecule has 0 aliphatic rings. The molecule has 0 spiro atoms. The second kappa shape index (κ2) is 4.45. The van der Waals surface area contributed by atoms with Crippen LogP contribution in [0.1, 0.15) is 19.8 Å². The van der Waals surface area contributed by atoms with Crippen LogP contribution in [0.25, 0.3) is 0 Å². The highest BCUT2D eigenvalue weighted by molar-refractivity contribution is 9.10. The molecule has 0 aromatic carbocycles. The molecule has 0 atom stereocenters. The van der Waals surface area contributed by atoms with Crippen molar-refractivity contribution in [3.05, 3.63) is 33.2 Å². The molecule has 1 heterocycles. The first-order valence-corrected chi connectivity index (χ1v) is 4.89. The van der Waals surface area contributed by atoms with Gasteiger partial charge in [-0.3, -0.25) is 4.79 Å². The highest BCUT2D eigenvalue weighted by atomic mass is 79.9. The molecule has 12 heavy (non-hydrogen) atoms. The maximum absolute atomic E-state index is 11.3. The number of rotatable bonds is 3. The zero-order chi connectivity index (χ0) is 8.97. The minimum atomic E-state index is 0.0674. The number of halogens is 1. The summed E-state index contributed by atoms with van der Waals surface area (Å²) in [5.41, 5.74) is 0.0674. The third-order valence-electron chi connectivity index (χ3n) is 1.71. The molecular formula is C9H12BrNO. The van der Waals surface area contributed by atoms with Crippen LogP contribution >= 0.6 is 15.9 Å². The Kier molecular flexibility index (Phi) is 3.53. The van der Waals surface area contributed by atoms with Gasteiger partial charge in [-0.05, 0) is 12.5 Å². The van der Waals surface area contributed by atoms with Crippen molar-refractivity contribution in [1.82, 2.24) is 4.57 Å². The number of aromatic nitrogens is 1. The van der Waals surface area contributed by atoms with Gasteiger partial charge in [0.2, 0.25) is 0 Å². The van der Waals surface area contributed by atoms with Crippen molar-refractivity contribution >= 4 is 15.9 Å².